The van der Waals surface area contributed by atoms with E-state index in [4.69, 9.17) is 4.74 Å². The van der Waals surface area contributed by atoms with Crippen molar-refractivity contribution in [2.45, 2.75) is 47.4 Å². The van der Waals surface area contributed by atoms with E-state index in [0.717, 1.165) is 4.90 Å². The van der Waals surface area contributed by atoms with Crippen LogP contribution in [0.15, 0.2) is 58.3 Å². The van der Waals surface area contributed by atoms with Gasteiger partial charge in [-0.25, -0.2) is 0 Å². The molecular weight excluding hydrogens is 372 g/mol. The number of nitro groups is 1. The molecule has 0 radical (unpaired) electrons. The van der Waals surface area contributed by atoms with Crippen LogP contribution >= 0.6 is 11.8 Å². The Morgan fingerprint density at radius 3 is 2.41 bits per heavy atom. The zero-order valence-electron chi connectivity index (χ0n) is 14.4. The first-order valence-corrected chi connectivity index (χ1v) is 9.15. The Hall–Kier alpha value is -2.17. The third-order valence-electron chi connectivity index (χ3n) is 4.24. The number of anilines is 1. The first kappa shape index (κ1) is 19.6. The smallest absolute Gasteiger partial charge is 0.272 e. The predicted molar refractivity (Wildman–Crippen MR) is 99.6 cm³/mol. The molecule has 0 amide bonds. The zero-order valence-corrected chi connectivity index (χ0v) is 15.2. The van der Waals surface area contributed by atoms with E-state index < -0.39 is 35.6 Å². The number of aliphatic hydroxyl groups is 3. The van der Waals surface area contributed by atoms with Gasteiger partial charge in [0.05, 0.1) is 11.0 Å². The molecule has 27 heavy (non-hydrogen) atoms. The maximum atomic E-state index is 11.3. The number of rotatable bonds is 5. The first-order valence-electron chi connectivity index (χ1n) is 8.34. The first-order chi connectivity index (χ1) is 12.8. The Kier molecular flexibility index (Phi) is 5.98. The Balaban J connectivity index is 1.85. The molecule has 144 valence electrons. The van der Waals surface area contributed by atoms with Gasteiger partial charge in [0.1, 0.15) is 18.3 Å². The van der Waals surface area contributed by atoms with Gasteiger partial charge < -0.3 is 25.4 Å². The maximum absolute atomic E-state index is 11.3. The second-order valence-corrected chi connectivity index (χ2v) is 7.41. The molecule has 1 aliphatic heterocycles. The second-order valence-electron chi connectivity index (χ2n) is 6.27. The number of ether oxygens (including phenoxy) is 1. The molecule has 5 atom stereocenters. The fraction of sp³-hybridized carbons (Fsp3) is 0.333. The molecule has 0 bridgehead atoms. The lowest BCUT2D eigenvalue weighted by Crippen LogP contribution is -2.58. The topological polar surface area (TPSA) is 125 Å². The molecule has 2 aromatic rings. The van der Waals surface area contributed by atoms with E-state index in [9.17, 15) is 25.4 Å². The Morgan fingerprint density at radius 2 is 1.74 bits per heavy atom. The molecule has 0 saturated carbocycles. The largest absolute Gasteiger partial charge is 0.388 e. The molecule has 2 aromatic carbocycles. The summed E-state index contributed by atoms with van der Waals surface area (Å²) < 4.78 is 5.50. The summed E-state index contributed by atoms with van der Waals surface area (Å²) in [7, 11) is 0. The van der Waals surface area contributed by atoms with Crippen molar-refractivity contribution in [1.29, 1.82) is 0 Å². The summed E-state index contributed by atoms with van der Waals surface area (Å²) in [6.45, 7) is 1.57. The summed E-state index contributed by atoms with van der Waals surface area (Å²) in [6.07, 6.45) is -5.72. The van der Waals surface area contributed by atoms with Crippen LogP contribution in [0.5, 0.6) is 0 Å². The van der Waals surface area contributed by atoms with Gasteiger partial charge in [-0.1, -0.05) is 30.0 Å². The van der Waals surface area contributed by atoms with Gasteiger partial charge in [0.2, 0.25) is 0 Å². The van der Waals surface area contributed by atoms with Gasteiger partial charge in [0.15, 0.2) is 6.23 Å². The van der Waals surface area contributed by atoms with Crippen molar-refractivity contribution in [3.05, 3.63) is 58.6 Å². The van der Waals surface area contributed by atoms with E-state index >= 15 is 0 Å². The maximum Gasteiger partial charge on any atom is 0.272 e. The SMILES string of the molecule is C[C@@H]1O[C@H](Nc2cc(Sc3ccccc3)cc([N+](=O)[O-])c2)[C@H](O)[C@H](O)[C@H]1O. The van der Waals surface area contributed by atoms with Gasteiger partial charge in [0.25, 0.3) is 5.69 Å². The summed E-state index contributed by atoms with van der Waals surface area (Å²) in [5.41, 5.74) is 0.250. The average molecular weight is 392 g/mol. The van der Waals surface area contributed by atoms with Crippen molar-refractivity contribution in [2.75, 3.05) is 5.32 Å². The molecular formula is C18H20N2O6S. The van der Waals surface area contributed by atoms with Crippen molar-refractivity contribution in [2.24, 2.45) is 0 Å². The van der Waals surface area contributed by atoms with Crippen LogP contribution < -0.4 is 5.32 Å². The number of nitrogens with zero attached hydrogens (tertiary/aromatic N) is 1. The van der Waals surface area contributed by atoms with E-state index in [1.807, 2.05) is 30.3 Å². The summed E-state index contributed by atoms with van der Waals surface area (Å²) in [5.74, 6) is 0. The van der Waals surface area contributed by atoms with E-state index in [-0.39, 0.29) is 5.69 Å². The van der Waals surface area contributed by atoms with Crippen LogP contribution in [0.25, 0.3) is 0 Å². The minimum atomic E-state index is -1.39. The molecule has 1 heterocycles. The van der Waals surface area contributed by atoms with Crippen LogP contribution in [0.1, 0.15) is 6.92 Å². The Bertz CT molecular complexity index is 806. The van der Waals surface area contributed by atoms with Crippen LogP contribution in [0.4, 0.5) is 11.4 Å². The third-order valence-corrected chi connectivity index (χ3v) is 5.22. The van der Waals surface area contributed by atoms with E-state index in [0.29, 0.717) is 10.6 Å². The van der Waals surface area contributed by atoms with Crippen LogP contribution in [0.3, 0.4) is 0 Å². The Morgan fingerprint density at radius 1 is 1.04 bits per heavy atom. The normalized spacial score (nSPS) is 27.9. The van der Waals surface area contributed by atoms with Gasteiger partial charge in [-0.05, 0) is 25.1 Å². The average Bonchev–Trinajstić information content (AvgIpc) is 2.65. The molecule has 1 fully saturated rings. The van der Waals surface area contributed by atoms with Gasteiger partial charge in [-0.2, -0.15) is 0 Å². The van der Waals surface area contributed by atoms with E-state index in [1.54, 1.807) is 13.0 Å². The van der Waals surface area contributed by atoms with Crippen molar-refractivity contribution < 1.29 is 25.0 Å². The molecule has 4 N–H and O–H groups in total. The van der Waals surface area contributed by atoms with Crippen molar-refractivity contribution in [1.82, 2.24) is 0 Å². The minimum Gasteiger partial charge on any atom is -0.388 e. The highest BCUT2D eigenvalue weighted by Gasteiger charge is 2.41. The van der Waals surface area contributed by atoms with Gasteiger partial charge >= 0.3 is 0 Å². The molecule has 0 aliphatic carbocycles. The summed E-state index contributed by atoms with van der Waals surface area (Å²) >= 11 is 1.36. The number of nitro benzene ring substituents is 1. The van der Waals surface area contributed by atoms with E-state index in [2.05, 4.69) is 5.32 Å². The van der Waals surface area contributed by atoms with E-state index in [1.165, 1.54) is 23.9 Å². The quantitative estimate of drug-likeness (QED) is 0.450. The molecule has 0 unspecified atom stereocenters. The minimum absolute atomic E-state index is 0.114. The molecule has 1 saturated heterocycles. The summed E-state index contributed by atoms with van der Waals surface area (Å²) in [5, 5.41) is 44.0. The second kappa shape index (κ2) is 8.24. The fourth-order valence-electron chi connectivity index (χ4n) is 2.79. The van der Waals surface area contributed by atoms with Gasteiger partial charge in [-0.3, -0.25) is 10.1 Å². The van der Waals surface area contributed by atoms with Crippen LogP contribution in [-0.2, 0) is 4.74 Å². The molecule has 1 aliphatic rings. The highest BCUT2D eigenvalue weighted by atomic mass is 32.2. The number of nitrogens with one attached hydrogen (secondary N) is 1. The lowest BCUT2D eigenvalue weighted by atomic mass is 9.99. The standard InChI is InChI=1S/C18H20N2O6S/c1-10-15(21)16(22)17(23)18(26-10)19-11-7-12(20(24)25)9-14(8-11)27-13-5-3-2-4-6-13/h2-10,15-19,21-23H,1H3/t10-,15-,16+,17+,18-/m0/s1. The molecule has 3 rings (SSSR count). The van der Waals surface area contributed by atoms with Crippen LogP contribution in [-0.4, -0.2) is 50.9 Å². The number of hydrogen-bond donors (Lipinski definition) is 4. The van der Waals surface area contributed by atoms with Crippen molar-refractivity contribution in [3.63, 3.8) is 0 Å². The Labute approximate surface area is 159 Å². The molecule has 8 nitrogen and oxygen atoms in total. The highest BCUT2D eigenvalue weighted by molar-refractivity contribution is 7.99. The summed E-state index contributed by atoms with van der Waals surface area (Å²) in [4.78, 5) is 12.3. The molecule has 9 heteroatoms. The van der Waals surface area contributed by atoms with Crippen molar-refractivity contribution >= 4 is 23.1 Å². The fourth-order valence-corrected chi connectivity index (χ4v) is 3.72. The number of aliphatic hydroxyl groups excluding tert-OH is 3. The van der Waals surface area contributed by atoms with Crippen LogP contribution in [0.2, 0.25) is 0 Å². The molecule has 0 aromatic heterocycles. The lowest BCUT2D eigenvalue weighted by molar-refractivity contribution is -0.385. The molecule has 0 spiro atoms. The van der Waals surface area contributed by atoms with Gasteiger partial charge in [-0.15, -0.1) is 0 Å². The predicted octanol–water partition coefficient (Wildman–Crippen LogP) is 1.99. The van der Waals surface area contributed by atoms with Crippen molar-refractivity contribution in [3.8, 4) is 0 Å². The number of non-ortho nitro benzene ring substituents is 1. The highest BCUT2D eigenvalue weighted by Crippen LogP contribution is 2.33. The third kappa shape index (κ3) is 4.57. The zero-order chi connectivity index (χ0) is 19.6. The number of hydrogen-bond acceptors (Lipinski definition) is 8. The van der Waals surface area contributed by atoms with Gasteiger partial charge in [0, 0.05) is 27.6 Å². The lowest BCUT2D eigenvalue weighted by Gasteiger charge is -2.39. The number of benzene rings is 2. The van der Waals surface area contributed by atoms with Crippen LogP contribution in [0, 0.1) is 10.1 Å². The monoisotopic (exact) mass is 392 g/mol. The summed E-state index contributed by atoms with van der Waals surface area (Å²) in [6, 6.07) is 13.9.